The van der Waals surface area contributed by atoms with Crippen LogP contribution in [0, 0.1) is 5.92 Å². The summed E-state index contributed by atoms with van der Waals surface area (Å²) in [7, 11) is 1.80. The number of fused-ring (bicyclic) bond motifs is 1. The lowest BCUT2D eigenvalue weighted by molar-refractivity contribution is 0.321. The molecule has 1 fully saturated rings. The molecule has 1 aliphatic carbocycles. The molecule has 124 valence electrons. The van der Waals surface area contributed by atoms with Crippen LogP contribution in [-0.4, -0.2) is 36.5 Å². The Bertz CT molecular complexity index is 819. The van der Waals surface area contributed by atoms with Gasteiger partial charge in [-0.1, -0.05) is 19.3 Å². The first-order chi connectivity index (χ1) is 11.8. The van der Waals surface area contributed by atoms with E-state index < -0.39 is 0 Å². The second-order valence-electron chi connectivity index (χ2n) is 6.35. The second-order valence-corrected chi connectivity index (χ2v) is 6.35. The van der Waals surface area contributed by atoms with E-state index in [9.17, 15) is 0 Å². The standard InChI is InChI=1S/C17H21N7/c1-18-17-20-7-13(8-21-17)14-9-19-15-16(23-14)24(11-22-15)10-12-5-3-2-4-6-12/h7-9,11-12H,2-6,10H2,1H3,(H,18,20,21). The van der Waals surface area contributed by atoms with E-state index in [0.29, 0.717) is 11.6 Å². The highest BCUT2D eigenvalue weighted by Gasteiger charge is 2.16. The van der Waals surface area contributed by atoms with Crippen molar-refractivity contribution >= 4 is 17.2 Å². The van der Waals surface area contributed by atoms with Gasteiger partial charge in [0, 0.05) is 31.5 Å². The molecule has 0 spiro atoms. The summed E-state index contributed by atoms with van der Waals surface area (Å²) in [6.07, 6.45) is 13.8. The molecule has 1 saturated carbocycles. The third-order valence-electron chi connectivity index (χ3n) is 4.68. The van der Waals surface area contributed by atoms with Gasteiger partial charge in [-0.3, -0.25) is 0 Å². The molecule has 0 aromatic carbocycles. The van der Waals surface area contributed by atoms with Gasteiger partial charge in [-0.25, -0.2) is 24.9 Å². The van der Waals surface area contributed by atoms with E-state index in [1.807, 2.05) is 6.33 Å². The van der Waals surface area contributed by atoms with Crippen molar-refractivity contribution in [2.45, 2.75) is 38.6 Å². The van der Waals surface area contributed by atoms with Gasteiger partial charge >= 0.3 is 0 Å². The van der Waals surface area contributed by atoms with Gasteiger partial charge < -0.3 is 9.88 Å². The average Bonchev–Trinajstić information content (AvgIpc) is 3.05. The predicted molar refractivity (Wildman–Crippen MR) is 92.5 cm³/mol. The topological polar surface area (TPSA) is 81.4 Å². The lowest BCUT2D eigenvalue weighted by atomic mass is 9.89. The second kappa shape index (κ2) is 6.51. The summed E-state index contributed by atoms with van der Waals surface area (Å²) in [5.41, 5.74) is 3.17. The fourth-order valence-electron chi connectivity index (χ4n) is 3.35. The minimum absolute atomic E-state index is 0.593. The summed E-state index contributed by atoms with van der Waals surface area (Å²) in [6, 6.07) is 0. The first kappa shape index (κ1) is 15.0. The van der Waals surface area contributed by atoms with Crippen LogP contribution in [-0.2, 0) is 6.54 Å². The van der Waals surface area contributed by atoms with E-state index in [-0.39, 0.29) is 0 Å². The smallest absolute Gasteiger partial charge is 0.222 e. The van der Waals surface area contributed by atoms with Crippen molar-refractivity contribution in [1.29, 1.82) is 0 Å². The molecule has 0 aliphatic heterocycles. The van der Waals surface area contributed by atoms with Crippen molar-refractivity contribution in [2.24, 2.45) is 5.92 Å². The van der Waals surface area contributed by atoms with Gasteiger partial charge in [0.1, 0.15) is 0 Å². The fraction of sp³-hybridized carbons (Fsp3) is 0.471. The molecule has 0 atom stereocenters. The number of anilines is 1. The molecule has 3 aromatic rings. The average molecular weight is 323 g/mol. The van der Waals surface area contributed by atoms with E-state index in [4.69, 9.17) is 4.98 Å². The summed E-state index contributed by atoms with van der Waals surface area (Å²) in [5, 5.41) is 2.91. The van der Waals surface area contributed by atoms with Crippen LogP contribution < -0.4 is 5.32 Å². The van der Waals surface area contributed by atoms with Gasteiger partial charge in [-0.2, -0.15) is 0 Å². The number of hydrogen-bond acceptors (Lipinski definition) is 6. The molecule has 4 rings (SSSR count). The molecular formula is C17H21N7. The van der Waals surface area contributed by atoms with E-state index in [0.717, 1.165) is 29.4 Å². The molecule has 7 nitrogen and oxygen atoms in total. The largest absolute Gasteiger partial charge is 0.357 e. The maximum Gasteiger partial charge on any atom is 0.222 e. The number of rotatable bonds is 4. The number of nitrogens with one attached hydrogen (secondary N) is 1. The van der Waals surface area contributed by atoms with Crippen molar-refractivity contribution in [3.05, 3.63) is 24.9 Å². The Hall–Kier alpha value is -2.57. The monoisotopic (exact) mass is 323 g/mol. The van der Waals surface area contributed by atoms with Gasteiger partial charge in [-0.05, 0) is 18.8 Å². The van der Waals surface area contributed by atoms with E-state index >= 15 is 0 Å². The van der Waals surface area contributed by atoms with Crippen LogP contribution in [0.25, 0.3) is 22.6 Å². The lowest BCUT2D eigenvalue weighted by Gasteiger charge is -2.21. The molecule has 0 unspecified atom stereocenters. The maximum absolute atomic E-state index is 4.76. The molecule has 7 heteroatoms. The van der Waals surface area contributed by atoms with Crippen LogP contribution in [0.1, 0.15) is 32.1 Å². The van der Waals surface area contributed by atoms with Gasteiger partial charge in [0.25, 0.3) is 0 Å². The molecule has 0 saturated heterocycles. The Morgan fingerprint density at radius 3 is 2.58 bits per heavy atom. The fourth-order valence-corrected chi connectivity index (χ4v) is 3.35. The van der Waals surface area contributed by atoms with Gasteiger partial charge in [-0.15, -0.1) is 0 Å². The third-order valence-corrected chi connectivity index (χ3v) is 4.68. The normalized spacial score (nSPS) is 15.7. The number of imidazole rings is 1. The van der Waals surface area contributed by atoms with E-state index in [2.05, 4.69) is 29.8 Å². The highest BCUT2D eigenvalue weighted by molar-refractivity contribution is 5.70. The molecule has 0 radical (unpaired) electrons. The Morgan fingerprint density at radius 1 is 1.04 bits per heavy atom. The summed E-state index contributed by atoms with van der Waals surface area (Å²) in [6.45, 7) is 0.976. The van der Waals surface area contributed by atoms with Gasteiger partial charge in [0.15, 0.2) is 11.3 Å². The Kier molecular flexibility index (Phi) is 4.06. The molecule has 3 heterocycles. The van der Waals surface area contributed by atoms with Crippen molar-refractivity contribution in [1.82, 2.24) is 29.5 Å². The minimum Gasteiger partial charge on any atom is -0.357 e. The van der Waals surface area contributed by atoms with Crippen molar-refractivity contribution in [2.75, 3.05) is 12.4 Å². The van der Waals surface area contributed by atoms with Crippen molar-refractivity contribution < 1.29 is 0 Å². The number of hydrogen-bond donors (Lipinski definition) is 1. The summed E-state index contributed by atoms with van der Waals surface area (Å²) < 4.78 is 2.14. The zero-order valence-electron chi connectivity index (χ0n) is 13.8. The van der Waals surface area contributed by atoms with E-state index in [1.54, 1.807) is 25.6 Å². The first-order valence-corrected chi connectivity index (χ1v) is 8.51. The van der Waals surface area contributed by atoms with Gasteiger partial charge in [0.2, 0.25) is 5.95 Å². The van der Waals surface area contributed by atoms with Gasteiger partial charge in [0.05, 0.1) is 18.2 Å². The Labute approximate surface area is 140 Å². The first-order valence-electron chi connectivity index (χ1n) is 8.51. The molecule has 0 bridgehead atoms. The maximum atomic E-state index is 4.76. The van der Waals surface area contributed by atoms with E-state index in [1.165, 1.54) is 32.1 Å². The molecular weight excluding hydrogens is 302 g/mol. The van der Waals surface area contributed by atoms with Crippen LogP contribution in [0.5, 0.6) is 0 Å². The zero-order valence-corrected chi connectivity index (χ0v) is 13.8. The SMILES string of the molecule is CNc1ncc(-c2cnc3ncn(CC4CCCCC4)c3n2)cn1. The van der Waals surface area contributed by atoms with Crippen LogP contribution in [0.3, 0.4) is 0 Å². The Morgan fingerprint density at radius 2 is 1.83 bits per heavy atom. The van der Waals surface area contributed by atoms with Crippen LogP contribution in [0.2, 0.25) is 0 Å². The summed E-state index contributed by atoms with van der Waals surface area (Å²) in [5.74, 6) is 1.31. The molecule has 0 amide bonds. The Balaban J connectivity index is 1.64. The number of aromatic nitrogens is 6. The van der Waals surface area contributed by atoms with Crippen molar-refractivity contribution in [3.8, 4) is 11.3 Å². The number of nitrogens with zero attached hydrogens (tertiary/aromatic N) is 6. The third kappa shape index (κ3) is 2.93. The van der Waals surface area contributed by atoms with Crippen LogP contribution in [0.4, 0.5) is 5.95 Å². The molecule has 1 aliphatic rings. The summed E-state index contributed by atoms with van der Waals surface area (Å²) >= 11 is 0. The van der Waals surface area contributed by atoms with Crippen LogP contribution >= 0.6 is 0 Å². The quantitative estimate of drug-likeness (QED) is 0.795. The minimum atomic E-state index is 0.593. The molecule has 24 heavy (non-hydrogen) atoms. The zero-order chi connectivity index (χ0) is 16.4. The molecule has 3 aromatic heterocycles. The van der Waals surface area contributed by atoms with Crippen molar-refractivity contribution in [3.63, 3.8) is 0 Å². The van der Waals surface area contributed by atoms with Crippen LogP contribution in [0.15, 0.2) is 24.9 Å². The lowest BCUT2D eigenvalue weighted by Crippen LogP contribution is -2.14. The summed E-state index contributed by atoms with van der Waals surface area (Å²) in [4.78, 5) is 22.1. The highest BCUT2D eigenvalue weighted by atomic mass is 15.1. The predicted octanol–water partition coefficient (Wildman–Crippen LogP) is 2.91. The molecule has 1 N–H and O–H groups in total. The highest BCUT2D eigenvalue weighted by Crippen LogP contribution is 2.26.